The number of rotatable bonds is 2. The average molecular weight is 301 g/mol. The smallest absolute Gasteiger partial charge is 0.227 e. The molecule has 0 spiro atoms. The van der Waals surface area contributed by atoms with Crippen LogP contribution in [0.3, 0.4) is 0 Å². The molecule has 0 aromatic heterocycles. The highest BCUT2D eigenvalue weighted by Crippen LogP contribution is 2.30. The lowest BCUT2D eigenvalue weighted by atomic mass is 9.97. The summed E-state index contributed by atoms with van der Waals surface area (Å²) in [7, 11) is 0. The molecule has 0 radical (unpaired) electrons. The SMILES string of the molecule is CC(N)C(C)C(=O)N1CCc2cc(Cl)cc(Cl)c2C1. The number of carbonyl (C=O) groups is 1. The van der Waals surface area contributed by atoms with Crippen molar-refractivity contribution in [3.63, 3.8) is 0 Å². The number of nitrogens with zero attached hydrogens (tertiary/aromatic N) is 1. The quantitative estimate of drug-likeness (QED) is 0.913. The molecule has 2 unspecified atom stereocenters. The van der Waals surface area contributed by atoms with Crippen LogP contribution in [0.25, 0.3) is 0 Å². The van der Waals surface area contributed by atoms with Gasteiger partial charge in [0.05, 0.1) is 5.92 Å². The van der Waals surface area contributed by atoms with E-state index in [0.717, 1.165) is 17.5 Å². The Morgan fingerprint density at radius 1 is 1.37 bits per heavy atom. The summed E-state index contributed by atoms with van der Waals surface area (Å²) in [6.45, 7) is 4.96. The van der Waals surface area contributed by atoms with Gasteiger partial charge in [-0.3, -0.25) is 4.79 Å². The number of nitrogens with two attached hydrogens (primary N) is 1. The fourth-order valence-electron chi connectivity index (χ4n) is 2.28. The zero-order chi connectivity index (χ0) is 14.2. The van der Waals surface area contributed by atoms with Crippen molar-refractivity contribution < 1.29 is 4.79 Å². The zero-order valence-electron chi connectivity index (χ0n) is 11.1. The first kappa shape index (κ1) is 14.6. The van der Waals surface area contributed by atoms with E-state index in [1.54, 1.807) is 6.07 Å². The van der Waals surface area contributed by atoms with Gasteiger partial charge in [0, 0.05) is 29.2 Å². The van der Waals surface area contributed by atoms with Crippen LogP contribution in [0.1, 0.15) is 25.0 Å². The number of halogens is 2. The van der Waals surface area contributed by atoms with E-state index in [0.29, 0.717) is 23.1 Å². The maximum atomic E-state index is 12.3. The minimum Gasteiger partial charge on any atom is -0.338 e. The first-order chi connectivity index (χ1) is 8.90. The number of hydrogen-bond donors (Lipinski definition) is 1. The minimum atomic E-state index is -0.173. The van der Waals surface area contributed by atoms with E-state index in [9.17, 15) is 4.79 Å². The number of benzene rings is 1. The molecular formula is C14H18Cl2N2O. The van der Waals surface area contributed by atoms with Crippen LogP contribution in [0, 0.1) is 5.92 Å². The number of hydrogen-bond acceptors (Lipinski definition) is 2. The van der Waals surface area contributed by atoms with Gasteiger partial charge in [-0.2, -0.15) is 0 Å². The van der Waals surface area contributed by atoms with Gasteiger partial charge >= 0.3 is 0 Å². The van der Waals surface area contributed by atoms with Gasteiger partial charge < -0.3 is 10.6 Å². The summed E-state index contributed by atoms with van der Waals surface area (Å²) in [6, 6.07) is 3.51. The molecule has 3 nitrogen and oxygen atoms in total. The van der Waals surface area contributed by atoms with Crippen LogP contribution in [-0.4, -0.2) is 23.4 Å². The van der Waals surface area contributed by atoms with Crippen molar-refractivity contribution in [2.45, 2.75) is 32.9 Å². The van der Waals surface area contributed by atoms with Gasteiger partial charge in [-0.05, 0) is 36.6 Å². The molecule has 2 rings (SSSR count). The topological polar surface area (TPSA) is 46.3 Å². The number of amides is 1. The monoisotopic (exact) mass is 300 g/mol. The maximum absolute atomic E-state index is 12.3. The number of carbonyl (C=O) groups excluding carboxylic acids is 1. The molecule has 1 aromatic rings. The van der Waals surface area contributed by atoms with Crippen molar-refractivity contribution in [1.82, 2.24) is 4.90 Å². The molecule has 2 atom stereocenters. The molecule has 0 bridgehead atoms. The van der Waals surface area contributed by atoms with E-state index in [2.05, 4.69) is 0 Å². The van der Waals surface area contributed by atoms with Gasteiger partial charge in [0.25, 0.3) is 0 Å². The summed E-state index contributed by atoms with van der Waals surface area (Å²) in [6.07, 6.45) is 0.785. The third-order valence-electron chi connectivity index (χ3n) is 3.74. The van der Waals surface area contributed by atoms with E-state index in [4.69, 9.17) is 28.9 Å². The second-order valence-electron chi connectivity index (χ2n) is 5.18. The molecule has 0 aliphatic carbocycles. The summed E-state index contributed by atoms with van der Waals surface area (Å²) >= 11 is 12.2. The van der Waals surface area contributed by atoms with E-state index < -0.39 is 0 Å². The molecule has 104 valence electrons. The lowest BCUT2D eigenvalue weighted by Crippen LogP contribution is -2.43. The van der Waals surface area contributed by atoms with E-state index in [1.165, 1.54) is 0 Å². The molecular weight excluding hydrogens is 283 g/mol. The standard InChI is InChI=1S/C14H18Cl2N2O/c1-8(9(2)17)14(19)18-4-3-10-5-11(15)6-13(16)12(10)7-18/h5-6,8-9H,3-4,7,17H2,1-2H3. The molecule has 1 amide bonds. The fraction of sp³-hybridized carbons (Fsp3) is 0.500. The Labute approximate surface area is 123 Å². The first-order valence-electron chi connectivity index (χ1n) is 6.41. The van der Waals surface area contributed by atoms with E-state index in [-0.39, 0.29) is 17.9 Å². The Bertz CT molecular complexity index is 502. The average Bonchev–Trinajstić information content (AvgIpc) is 2.36. The Morgan fingerprint density at radius 3 is 2.68 bits per heavy atom. The van der Waals surface area contributed by atoms with E-state index in [1.807, 2.05) is 24.8 Å². The molecule has 5 heteroatoms. The van der Waals surface area contributed by atoms with Gasteiger partial charge in [-0.1, -0.05) is 30.1 Å². The van der Waals surface area contributed by atoms with Crippen LogP contribution in [0.5, 0.6) is 0 Å². The summed E-state index contributed by atoms with van der Waals surface area (Å²) in [4.78, 5) is 14.1. The van der Waals surface area contributed by atoms with Crippen LogP contribution >= 0.6 is 23.2 Å². The highest BCUT2D eigenvalue weighted by atomic mass is 35.5. The van der Waals surface area contributed by atoms with Gasteiger partial charge in [-0.25, -0.2) is 0 Å². The van der Waals surface area contributed by atoms with Crippen LogP contribution in [0.4, 0.5) is 0 Å². The van der Waals surface area contributed by atoms with Gasteiger partial charge in [0.2, 0.25) is 5.91 Å². The molecule has 19 heavy (non-hydrogen) atoms. The molecule has 1 aromatic carbocycles. The second-order valence-corrected chi connectivity index (χ2v) is 6.03. The Balaban J connectivity index is 2.21. The Kier molecular flexibility index (Phi) is 4.39. The van der Waals surface area contributed by atoms with E-state index >= 15 is 0 Å². The van der Waals surface area contributed by atoms with Crippen LogP contribution < -0.4 is 5.73 Å². The van der Waals surface area contributed by atoms with Gasteiger partial charge in [0.15, 0.2) is 0 Å². The molecule has 0 saturated heterocycles. The number of fused-ring (bicyclic) bond motifs is 1. The summed E-state index contributed by atoms with van der Waals surface area (Å²) < 4.78 is 0. The maximum Gasteiger partial charge on any atom is 0.227 e. The first-order valence-corrected chi connectivity index (χ1v) is 7.17. The van der Waals surface area contributed by atoms with Crippen LogP contribution in [0.15, 0.2) is 12.1 Å². The minimum absolute atomic E-state index is 0.0895. The van der Waals surface area contributed by atoms with Crippen molar-refractivity contribution in [1.29, 1.82) is 0 Å². The zero-order valence-corrected chi connectivity index (χ0v) is 12.6. The second kappa shape index (κ2) is 5.70. The Morgan fingerprint density at radius 2 is 2.05 bits per heavy atom. The molecule has 1 aliphatic rings. The van der Waals surface area contributed by atoms with Crippen molar-refractivity contribution in [3.05, 3.63) is 33.3 Å². The van der Waals surface area contributed by atoms with Crippen molar-refractivity contribution in [2.24, 2.45) is 11.7 Å². The molecule has 0 fully saturated rings. The molecule has 2 N–H and O–H groups in total. The lowest BCUT2D eigenvalue weighted by molar-refractivity contribution is -0.136. The summed E-state index contributed by atoms with van der Waals surface area (Å²) in [5.74, 6) is -0.0840. The van der Waals surface area contributed by atoms with Crippen molar-refractivity contribution in [3.8, 4) is 0 Å². The van der Waals surface area contributed by atoms with Gasteiger partial charge in [-0.15, -0.1) is 0 Å². The highest BCUT2D eigenvalue weighted by molar-refractivity contribution is 6.35. The predicted octanol–water partition coefficient (Wildman–Crippen LogP) is 2.86. The lowest BCUT2D eigenvalue weighted by Gasteiger charge is -2.32. The molecule has 1 aliphatic heterocycles. The van der Waals surface area contributed by atoms with Crippen molar-refractivity contribution >= 4 is 29.1 Å². The predicted molar refractivity (Wildman–Crippen MR) is 78.4 cm³/mol. The van der Waals surface area contributed by atoms with Crippen LogP contribution in [-0.2, 0) is 17.8 Å². The normalized spacial score (nSPS) is 17.8. The van der Waals surface area contributed by atoms with Crippen LogP contribution in [0.2, 0.25) is 10.0 Å². The third kappa shape index (κ3) is 3.04. The highest BCUT2D eigenvalue weighted by Gasteiger charge is 2.27. The Hall–Kier alpha value is -0.770. The third-order valence-corrected chi connectivity index (χ3v) is 4.30. The largest absolute Gasteiger partial charge is 0.338 e. The van der Waals surface area contributed by atoms with Crippen molar-refractivity contribution in [2.75, 3.05) is 6.54 Å². The van der Waals surface area contributed by atoms with Gasteiger partial charge in [0.1, 0.15) is 0 Å². The fourth-order valence-corrected chi connectivity index (χ4v) is 2.88. The summed E-state index contributed by atoms with van der Waals surface area (Å²) in [5, 5.41) is 1.28. The molecule has 1 heterocycles. The molecule has 0 saturated carbocycles. The summed E-state index contributed by atoms with van der Waals surface area (Å²) in [5.41, 5.74) is 7.93.